The van der Waals surface area contributed by atoms with Gasteiger partial charge in [0.1, 0.15) is 0 Å². The molecule has 6 heteroatoms. The number of rotatable bonds is 3. The second kappa shape index (κ2) is 18.7. The zero-order valence-electron chi connectivity index (χ0n) is 8.40. The van der Waals surface area contributed by atoms with E-state index in [-0.39, 0.29) is 0 Å². The minimum absolute atomic E-state index is 0.537. The maximum atomic E-state index is 9.62. The van der Waals surface area contributed by atoms with Crippen LogP contribution in [0.25, 0.3) is 0 Å². The Morgan fingerprint density at radius 1 is 1.64 bits per heavy atom. The monoisotopic (exact) mass is 255 g/mol. The maximum Gasteiger partial charge on any atom is 0.316 e. The third-order valence-corrected chi connectivity index (χ3v) is 1.14. The van der Waals surface area contributed by atoms with Gasteiger partial charge in [-0.3, -0.25) is 4.79 Å². The lowest BCUT2D eigenvalue weighted by atomic mass is 10.3. The molecule has 0 bridgehead atoms. The van der Waals surface area contributed by atoms with Crippen molar-refractivity contribution >= 4 is 47.3 Å². The molecular formula is C8H17NO2S3. The number of hydrogen-bond acceptors (Lipinski definition) is 5. The normalized spacial score (nSPS) is 9.43. The van der Waals surface area contributed by atoms with Crippen LogP contribution < -0.4 is 5.73 Å². The molecule has 14 heavy (non-hydrogen) atoms. The SMILES string of the molecule is CC(S)C(=O)O.CCCCN.S=C=S. The second-order valence-corrected chi connectivity index (χ2v) is 3.68. The fraction of sp³-hybridized carbons (Fsp3) is 0.750. The van der Waals surface area contributed by atoms with Crippen LogP contribution in [0.2, 0.25) is 0 Å². The van der Waals surface area contributed by atoms with Gasteiger partial charge in [0.25, 0.3) is 0 Å². The number of nitrogens with two attached hydrogens (primary N) is 1. The number of hydrogen-bond donors (Lipinski definition) is 3. The second-order valence-electron chi connectivity index (χ2n) is 2.24. The van der Waals surface area contributed by atoms with E-state index in [1.165, 1.54) is 19.8 Å². The van der Waals surface area contributed by atoms with Gasteiger partial charge < -0.3 is 10.8 Å². The molecule has 0 aromatic heterocycles. The molecule has 0 rings (SSSR count). The van der Waals surface area contributed by atoms with E-state index in [4.69, 9.17) is 10.8 Å². The van der Waals surface area contributed by atoms with Crippen LogP contribution in [0.3, 0.4) is 0 Å². The predicted molar refractivity (Wildman–Crippen MR) is 70.2 cm³/mol. The minimum Gasteiger partial charge on any atom is -0.480 e. The minimum atomic E-state index is -0.877. The highest BCUT2D eigenvalue weighted by Gasteiger charge is 2.00. The van der Waals surface area contributed by atoms with Crippen LogP contribution >= 0.6 is 37.1 Å². The van der Waals surface area contributed by atoms with Gasteiger partial charge in [-0.15, -0.1) is 0 Å². The zero-order valence-corrected chi connectivity index (χ0v) is 10.9. The van der Waals surface area contributed by atoms with Gasteiger partial charge in [-0.1, -0.05) is 13.3 Å². The van der Waals surface area contributed by atoms with E-state index in [1.54, 1.807) is 0 Å². The summed E-state index contributed by atoms with van der Waals surface area (Å²) in [7, 11) is 0. The van der Waals surface area contributed by atoms with E-state index >= 15 is 0 Å². The van der Waals surface area contributed by atoms with Gasteiger partial charge >= 0.3 is 5.97 Å². The van der Waals surface area contributed by atoms with Crippen molar-refractivity contribution in [1.29, 1.82) is 0 Å². The number of carboxylic acids is 1. The smallest absolute Gasteiger partial charge is 0.316 e. The molecule has 0 aliphatic heterocycles. The van der Waals surface area contributed by atoms with Crippen molar-refractivity contribution in [2.75, 3.05) is 6.54 Å². The number of thiol groups is 1. The molecule has 3 nitrogen and oxygen atoms in total. The molecule has 0 aliphatic rings. The molecule has 0 amide bonds. The Hall–Kier alpha value is -0.0000000000000000555. The van der Waals surface area contributed by atoms with Gasteiger partial charge in [0.2, 0.25) is 0 Å². The lowest BCUT2D eigenvalue weighted by Gasteiger charge is -1.88. The van der Waals surface area contributed by atoms with Crippen LogP contribution in [-0.2, 0) is 4.79 Å². The first kappa shape index (κ1) is 19.6. The van der Waals surface area contributed by atoms with Gasteiger partial charge in [-0.2, -0.15) is 12.6 Å². The van der Waals surface area contributed by atoms with Crippen LogP contribution in [0.4, 0.5) is 0 Å². The third-order valence-electron chi connectivity index (χ3n) is 0.915. The lowest BCUT2D eigenvalue weighted by Crippen LogP contribution is -2.06. The van der Waals surface area contributed by atoms with Crippen molar-refractivity contribution in [3.8, 4) is 0 Å². The Morgan fingerprint density at radius 3 is 1.93 bits per heavy atom. The summed E-state index contributed by atoms with van der Waals surface area (Å²) in [5.74, 6) is -0.877. The third kappa shape index (κ3) is 40.3. The summed E-state index contributed by atoms with van der Waals surface area (Å²) in [5, 5.41) is 7.38. The summed E-state index contributed by atoms with van der Waals surface area (Å²) >= 11 is 11.5. The highest BCUT2D eigenvalue weighted by molar-refractivity contribution is 7.93. The Morgan fingerprint density at radius 2 is 1.93 bits per heavy atom. The molecule has 0 saturated heterocycles. The van der Waals surface area contributed by atoms with Gasteiger partial charge in [0.05, 0.1) is 5.25 Å². The van der Waals surface area contributed by atoms with Crippen molar-refractivity contribution in [3.63, 3.8) is 0 Å². The average Bonchev–Trinajstić information content (AvgIpc) is 2.08. The van der Waals surface area contributed by atoms with Crippen molar-refractivity contribution in [2.45, 2.75) is 31.9 Å². The first-order valence-corrected chi connectivity index (χ1v) is 5.41. The number of carboxylic acid groups (broad SMARTS) is 1. The van der Waals surface area contributed by atoms with Gasteiger partial charge in [0.15, 0.2) is 0 Å². The van der Waals surface area contributed by atoms with Gasteiger partial charge in [-0.05, 0) is 44.3 Å². The fourth-order valence-corrected chi connectivity index (χ4v) is 0.204. The summed E-state index contributed by atoms with van der Waals surface area (Å²) in [6, 6.07) is 0. The van der Waals surface area contributed by atoms with Gasteiger partial charge in [0, 0.05) is 4.31 Å². The maximum absolute atomic E-state index is 9.62. The summed E-state index contributed by atoms with van der Waals surface area (Å²) in [6.45, 7) is 4.48. The molecule has 0 aliphatic carbocycles. The molecule has 0 saturated carbocycles. The summed E-state index contributed by atoms with van der Waals surface area (Å²) in [4.78, 5) is 9.62. The van der Waals surface area contributed by atoms with Crippen LogP contribution in [0.5, 0.6) is 0 Å². The first-order chi connectivity index (χ1) is 6.47. The number of aliphatic carboxylic acids is 1. The van der Waals surface area contributed by atoms with E-state index < -0.39 is 11.2 Å². The molecule has 0 aromatic carbocycles. The Balaban J connectivity index is -0.000000138. The molecule has 1 unspecified atom stereocenters. The number of carbonyl (C=O) groups is 1. The van der Waals surface area contributed by atoms with Crippen molar-refractivity contribution in [2.24, 2.45) is 5.73 Å². The zero-order chi connectivity index (χ0) is 12.0. The van der Waals surface area contributed by atoms with Crippen LogP contribution in [0.1, 0.15) is 26.7 Å². The molecule has 0 heterocycles. The van der Waals surface area contributed by atoms with E-state index in [0.29, 0.717) is 0 Å². The molecule has 1 atom stereocenters. The molecule has 3 N–H and O–H groups in total. The molecule has 84 valence electrons. The summed E-state index contributed by atoms with van der Waals surface area (Å²) in [6.07, 6.45) is 2.39. The Bertz CT molecular complexity index is 155. The molecule has 0 spiro atoms. The van der Waals surface area contributed by atoms with Crippen molar-refractivity contribution in [3.05, 3.63) is 0 Å². The van der Waals surface area contributed by atoms with Gasteiger partial charge in [-0.25, -0.2) is 0 Å². The standard InChI is InChI=1S/C4H11N.C3H6O2S.CS2/c1-2-3-4-5;1-2(6)3(4)5;2-1-3/h2-5H2,1H3;2,6H,1H3,(H,4,5);. The van der Waals surface area contributed by atoms with Crippen LogP contribution in [0, 0.1) is 0 Å². The van der Waals surface area contributed by atoms with Crippen LogP contribution in [-0.4, -0.2) is 27.2 Å². The van der Waals surface area contributed by atoms with E-state index in [1.807, 2.05) is 4.31 Å². The van der Waals surface area contributed by atoms with E-state index in [0.717, 1.165) is 6.54 Å². The predicted octanol–water partition coefficient (Wildman–Crippen LogP) is 2.15. The summed E-state index contributed by atoms with van der Waals surface area (Å²) < 4.78 is 1.92. The quantitative estimate of drug-likeness (QED) is 0.533. The van der Waals surface area contributed by atoms with Crippen molar-refractivity contribution in [1.82, 2.24) is 0 Å². The fourth-order valence-electron chi connectivity index (χ4n) is 0.204. The lowest BCUT2D eigenvalue weighted by molar-refractivity contribution is -0.136. The topological polar surface area (TPSA) is 63.3 Å². The highest BCUT2D eigenvalue weighted by atomic mass is 32.1. The molecule has 0 fully saturated rings. The first-order valence-electron chi connectivity index (χ1n) is 4.08. The van der Waals surface area contributed by atoms with Crippen molar-refractivity contribution < 1.29 is 9.90 Å². The average molecular weight is 255 g/mol. The molecule has 0 radical (unpaired) electrons. The molecular weight excluding hydrogens is 238 g/mol. The van der Waals surface area contributed by atoms with E-state index in [2.05, 4.69) is 44.0 Å². The highest BCUT2D eigenvalue weighted by Crippen LogP contribution is 1.88. The van der Waals surface area contributed by atoms with E-state index in [9.17, 15) is 4.79 Å². The molecule has 0 aromatic rings. The Kier molecular flexibility index (Phi) is 26.1. The summed E-state index contributed by atoms with van der Waals surface area (Å²) in [5.41, 5.74) is 5.14. The van der Waals surface area contributed by atoms with Crippen LogP contribution in [0.15, 0.2) is 0 Å². The largest absolute Gasteiger partial charge is 0.480 e. The number of unbranched alkanes of at least 4 members (excludes halogenated alkanes) is 1. The Labute approximate surface area is 101 Å². The number of thiocarbonyl (C=S) groups is 2.